The van der Waals surface area contributed by atoms with E-state index in [0.29, 0.717) is 6.54 Å². The molecule has 0 saturated carbocycles. The maximum Gasteiger partial charge on any atom is 0.231 e. The first-order valence-corrected chi connectivity index (χ1v) is 6.97. The summed E-state index contributed by atoms with van der Waals surface area (Å²) in [7, 11) is 0. The first-order chi connectivity index (χ1) is 9.29. The number of rotatable bonds is 2. The molecule has 2 atom stereocenters. The van der Waals surface area contributed by atoms with Crippen LogP contribution in [0.2, 0.25) is 0 Å². The molecule has 3 rings (SSSR count). The van der Waals surface area contributed by atoms with E-state index in [1.54, 1.807) is 0 Å². The van der Waals surface area contributed by atoms with Crippen LogP contribution in [0.25, 0.3) is 0 Å². The minimum absolute atomic E-state index is 0.0672. The van der Waals surface area contributed by atoms with Gasteiger partial charge in [-0.15, -0.1) is 0 Å². The van der Waals surface area contributed by atoms with Gasteiger partial charge in [-0.05, 0) is 17.5 Å². The molecule has 19 heavy (non-hydrogen) atoms. The van der Waals surface area contributed by atoms with Gasteiger partial charge >= 0.3 is 0 Å². The van der Waals surface area contributed by atoms with E-state index in [1.165, 1.54) is 11.1 Å². The predicted octanol–water partition coefficient (Wildman–Crippen LogP) is 0.714. The van der Waals surface area contributed by atoms with Crippen LogP contribution in [0.15, 0.2) is 24.3 Å². The van der Waals surface area contributed by atoms with E-state index < -0.39 is 0 Å². The van der Waals surface area contributed by atoms with Gasteiger partial charge in [0.2, 0.25) is 5.91 Å². The van der Waals surface area contributed by atoms with Crippen molar-refractivity contribution in [2.24, 2.45) is 5.92 Å². The zero-order valence-corrected chi connectivity index (χ0v) is 11.0. The Hall–Kier alpha value is -1.39. The minimum Gasteiger partial charge on any atom is -0.396 e. The van der Waals surface area contributed by atoms with Crippen molar-refractivity contribution in [1.82, 2.24) is 10.2 Å². The fourth-order valence-corrected chi connectivity index (χ4v) is 3.12. The highest BCUT2D eigenvalue weighted by Gasteiger charge is 2.33. The van der Waals surface area contributed by atoms with Gasteiger partial charge in [-0.3, -0.25) is 4.79 Å². The summed E-state index contributed by atoms with van der Waals surface area (Å²) in [5.74, 6) is 0.397. The number of hydrogen-bond donors (Lipinski definition) is 2. The topological polar surface area (TPSA) is 52.6 Å². The second-order valence-corrected chi connectivity index (χ2v) is 5.50. The fraction of sp³-hybridized carbons (Fsp3) is 0.533. The van der Waals surface area contributed by atoms with Gasteiger partial charge in [-0.2, -0.15) is 0 Å². The number of carbonyl (C=O) groups excluding carboxylic acids is 1. The molecule has 2 aliphatic rings. The largest absolute Gasteiger partial charge is 0.396 e. The summed E-state index contributed by atoms with van der Waals surface area (Å²) in [6.07, 6.45) is 0.921. The molecule has 1 fully saturated rings. The molecule has 0 bridgehead atoms. The summed E-state index contributed by atoms with van der Waals surface area (Å²) in [6.45, 7) is 3.23. The molecule has 2 aliphatic heterocycles. The van der Waals surface area contributed by atoms with E-state index in [0.717, 1.165) is 26.1 Å². The molecular formula is C15H20N2O2. The summed E-state index contributed by atoms with van der Waals surface area (Å²) in [6, 6.07) is 8.18. The van der Waals surface area contributed by atoms with Gasteiger partial charge in [-0.25, -0.2) is 0 Å². The molecule has 0 spiro atoms. The van der Waals surface area contributed by atoms with Crippen molar-refractivity contribution in [2.75, 3.05) is 26.2 Å². The lowest BCUT2D eigenvalue weighted by molar-refractivity contribution is -0.132. The maximum absolute atomic E-state index is 12.6. The summed E-state index contributed by atoms with van der Waals surface area (Å²) in [5.41, 5.74) is 2.39. The van der Waals surface area contributed by atoms with Gasteiger partial charge in [-0.1, -0.05) is 24.3 Å². The fourth-order valence-electron chi connectivity index (χ4n) is 3.12. The standard InChI is InChI=1S/C15H20N2O2/c18-10-11-5-6-17(9-11)15(19)14-8-16-7-12-3-1-2-4-13(12)14/h1-4,11,14,16,18H,5-10H2. The van der Waals surface area contributed by atoms with Crippen LogP contribution in [0.5, 0.6) is 0 Å². The molecule has 2 N–H and O–H groups in total. The van der Waals surface area contributed by atoms with Gasteiger partial charge in [0.1, 0.15) is 0 Å². The normalized spacial score (nSPS) is 26.3. The van der Waals surface area contributed by atoms with E-state index >= 15 is 0 Å². The number of aliphatic hydroxyl groups is 1. The zero-order chi connectivity index (χ0) is 13.2. The average molecular weight is 260 g/mol. The smallest absolute Gasteiger partial charge is 0.231 e. The number of benzene rings is 1. The Morgan fingerprint density at radius 2 is 2.26 bits per heavy atom. The Morgan fingerprint density at radius 1 is 1.42 bits per heavy atom. The third kappa shape index (κ3) is 2.38. The molecule has 4 nitrogen and oxygen atoms in total. The Kier molecular flexibility index (Phi) is 3.53. The average Bonchev–Trinajstić information content (AvgIpc) is 2.95. The molecule has 0 aromatic heterocycles. The molecule has 4 heteroatoms. The highest BCUT2D eigenvalue weighted by molar-refractivity contribution is 5.85. The predicted molar refractivity (Wildman–Crippen MR) is 72.7 cm³/mol. The summed E-state index contributed by atoms with van der Waals surface area (Å²) >= 11 is 0. The summed E-state index contributed by atoms with van der Waals surface area (Å²) in [4.78, 5) is 14.5. The third-order valence-electron chi connectivity index (χ3n) is 4.25. The van der Waals surface area contributed by atoms with Crippen molar-refractivity contribution in [1.29, 1.82) is 0 Å². The van der Waals surface area contributed by atoms with Gasteiger partial charge in [0, 0.05) is 38.7 Å². The first-order valence-electron chi connectivity index (χ1n) is 6.97. The number of carbonyl (C=O) groups is 1. The van der Waals surface area contributed by atoms with Crippen LogP contribution in [0.4, 0.5) is 0 Å². The van der Waals surface area contributed by atoms with Gasteiger partial charge in [0.05, 0.1) is 5.92 Å². The summed E-state index contributed by atoms with van der Waals surface area (Å²) < 4.78 is 0. The Labute approximate surface area is 113 Å². The minimum atomic E-state index is -0.0672. The van der Waals surface area contributed by atoms with Crippen molar-refractivity contribution < 1.29 is 9.90 Å². The lowest BCUT2D eigenvalue weighted by Gasteiger charge is -2.29. The lowest BCUT2D eigenvalue weighted by Crippen LogP contribution is -2.40. The highest BCUT2D eigenvalue weighted by Crippen LogP contribution is 2.27. The van der Waals surface area contributed by atoms with Crippen molar-refractivity contribution in [3.05, 3.63) is 35.4 Å². The molecule has 102 valence electrons. The number of hydrogen-bond acceptors (Lipinski definition) is 3. The number of nitrogens with one attached hydrogen (secondary N) is 1. The number of amides is 1. The third-order valence-corrected chi connectivity index (χ3v) is 4.25. The Morgan fingerprint density at radius 3 is 3.05 bits per heavy atom. The van der Waals surface area contributed by atoms with Crippen molar-refractivity contribution >= 4 is 5.91 Å². The molecule has 2 heterocycles. The molecule has 2 unspecified atom stereocenters. The van der Waals surface area contributed by atoms with Crippen LogP contribution >= 0.6 is 0 Å². The van der Waals surface area contributed by atoms with E-state index in [1.807, 2.05) is 17.0 Å². The molecular weight excluding hydrogens is 240 g/mol. The molecule has 0 aliphatic carbocycles. The number of aliphatic hydroxyl groups excluding tert-OH is 1. The van der Waals surface area contributed by atoms with Gasteiger partial charge in [0.25, 0.3) is 0 Å². The van der Waals surface area contributed by atoms with Gasteiger partial charge < -0.3 is 15.3 Å². The molecule has 1 amide bonds. The van der Waals surface area contributed by atoms with Crippen LogP contribution in [-0.2, 0) is 11.3 Å². The Balaban J connectivity index is 1.78. The second-order valence-electron chi connectivity index (χ2n) is 5.50. The second kappa shape index (κ2) is 5.31. The molecule has 1 aromatic carbocycles. The van der Waals surface area contributed by atoms with Crippen molar-refractivity contribution in [2.45, 2.75) is 18.9 Å². The highest BCUT2D eigenvalue weighted by atomic mass is 16.3. The van der Waals surface area contributed by atoms with Gasteiger partial charge in [0.15, 0.2) is 0 Å². The lowest BCUT2D eigenvalue weighted by atomic mass is 9.90. The number of likely N-dealkylation sites (tertiary alicyclic amines) is 1. The van der Waals surface area contributed by atoms with E-state index in [4.69, 9.17) is 0 Å². The maximum atomic E-state index is 12.6. The van der Waals surface area contributed by atoms with E-state index in [-0.39, 0.29) is 24.3 Å². The molecule has 1 aromatic rings. The first kappa shape index (κ1) is 12.6. The number of nitrogens with zero attached hydrogens (tertiary/aromatic N) is 1. The number of fused-ring (bicyclic) bond motifs is 1. The zero-order valence-electron chi connectivity index (χ0n) is 11.0. The van der Waals surface area contributed by atoms with Crippen LogP contribution in [0.3, 0.4) is 0 Å². The van der Waals surface area contributed by atoms with Crippen LogP contribution in [0.1, 0.15) is 23.5 Å². The molecule has 0 radical (unpaired) electrons. The Bertz CT molecular complexity index is 475. The van der Waals surface area contributed by atoms with Crippen molar-refractivity contribution in [3.63, 3.8) is 0 Å². The molecule has 1 saturated heterocycles. The monoisotopic (exact) mass is 260 g/mol. The van der Waals surface area contributed by atoms with E-state index in [2.05, 4.69) is 17.4 Å². The van der Waals surface area contributed by atoms with E-state index in [9.17, 15) is 9.90 Å². The SMILES string of the molecule is O=C(C1CNCc2ccccc21)N1CCC(CO)C1. The van der Waals surface area contributed by atoms with Crippen LogP contribution in [0, 0.1) is 5.92 Å². The van der Waals surface area contributed by atoms with Crippen LogP contribution in [-0.4, -0.2) is 42.2 Å². The van der Waals surface area contributed by atoms with Crippen LogP contribution < -0.4 is 5.32 Å². The summed E-state index contributed by atoms with van der Waals surface area (Å²) in [5, 5.41) is 12.5. The quantitative estimate of drug-likeness (QED) is 0.823. The van der Waals surface area contributed by atoms with Crippen molar-refractivity contribution in [3.8, 4) is 0 Å².